The van der Waals surface area contributed by atoms with Crippen LogP contribution in [0.15, 0.2) is 23.3 Å². The number of ether oxygens (including phenoxy) is 2. The number of carboxylic acid groups (broad SMARTS) is 1. The molecule has 0 spiro atoms. The molecule has 0 atom stereocenters. The molecule has 0 radical (unpaired) electrons. The van der Waals surface area contributed by atoms with Gasteiger partial charge in [0.25, 0.3) is 0 Å². The van der Waals surface area contributed by atoms with Gasteiger partial charge in [-0.15, -0.1) is 0 Å². The third-order valence-electron chi connectivity index (χ3n) is 2.63. The van der Waals surface area contributed by atoms with Crippen LogP contribution in [0.2, 0.25) is 0 Å². The van der Waals surface area contributed by atoms with E-state index >= 15 is 0 Å². The SMILES string of the molecule is COCCNC(=O)C(=O)N/N=C\c1ccc(OC)c(C(=O)O)c1. The molecule has 9 heteroatoms. The number of hydrazone groups is 1. The van der Waals surface area contributed by atoms with E-state index in [-0.39, 0.29) is 24.5 Å². The maximum absolute atomic E-state index is 11.4. The molecule has 0 fully saturated rings. The average molecular weight is 323 g/mol. The zero-order valence-electron chi connectivity index (χ0n) is 12.7. The quantitative estimate of drug-likeness (QED) is 0.271. The van der Waals surface area contributed by atoms with Gasteiger partial charge in [0.05, 0.1) is 19.9 Å². The van der Waals surface area contributed by atoms with E-state index in [1.807, 2.05) is 5.43 Å². The van der Waals surface area contributed by atoms with Gasteiger partial charge in [-0.2, -0.15) is 5.10 Å². The van der Waals surface area contributed by atoms with Gasteiger partial charge in [-0.1, -0.05) is 0 Å². The Morgan fingerprint density at radius 2 is 2.00 bits per heavy atom. The topological polar surface area (TPSA) is 126 Å². The highest BCUT2D eigenvalue weighted by atomic mass is 16.5. The van der Waals surface area contributed by atoms with E-state index in [0.717, 1.165) is 0 Å². The molecule has 1 aromatic carbocycles. The number of benzene rings is 1. The van der Waals surface area contributed by atoms with Crippen LogP contribution in [-0.2, 0) is 14.3 Å². The molecule has 1 aromatic rings. The number of carbonyl (C=O) groups excluding carboxylic acids is 2. The first-order chi connectivity index (χ1) is 11.0. The second kappa shape index (κ2) is 9.15. The molecule has 124 valence electrons. The summed E-state index contributed by atoms with van der Waals surface area (Å²) in [6.45, 7) is 0.485. The van der Waals surface area contributed by atoms with Crippen LogP contribution in [0.1, 0.15) is 15.9 Å². The summed E-state index contributed by atoms with van der Waals surface area (Å²) < 4.78 is 9.65. The van der Waals surface area contributed by atoms with E-state index in [1.165, 1.54) is 32.6 Å². The smallest absolute Gasteiger partial charge is 0.339 e. The molecule has 0 saturated heterocycles. The van der Waals surface area contributed by atoms with Crippen molar-refractivity contribution in [1.29, 1.82) is 0 Å². The molecule has 0 saturated carbocycles. The van der Waals surface area contributed by atoms with Gasteiger partial charge in [-0.05, 0) is 23.8 Å². The van der Waals surface area contributed by atoms with E-state index in [4.69, 9.17) is 14.6 Å². The van der Waals surface area contributed by atoms with Crippen LogP contribution in [0.4, 0.5) is 0 Å². The fourth-order valence-corrected chi connectivity index (χ4v) is 1.54. The molecule has 0 heterocycles. The molecule has 1 rings (SSSR count). The van der Waals surface area contributed by atoms with Crippen molar-refractivity contribution in [2.45, 2.75) is 0 Å². The molecule has 0 bridgehead atoms. The second-order valence-electron chi connectivity index (χ2n) is 4.21. The molecule has 23 heavy (non-hydrogen) atoms. The zero-order chi connectivity index (χ0) is 17.2. The Kier molecular flexibility index (Phi) is 7.21. The molecule has 3 N–H and O–H groups in total. The van der Waals surface area contributed by atoms with Gasteiger partial charge in [-0.3, -0.25) is 9.59 Å². The van der Waals surface area contributed by atoms with E-state index in [2.05, 4.69) is 10.4 Å². The standard InChI is InChI=1S/C14H17N3O6/c1-22-6-5-15-12(18)13(19)17-16-8-9-3-4-11(23-2)10(7-9)14(20)21/h3-4,7-8H,5-6H2,1-2H3,(H,15,18)(H,17,19)(H,20,21)/b16-8-. The van der Waals surface area contributed by atoms with Crippen molar-refractivity contribution in [1.82, 2.24) is 10.7 Å². The predicted molar refractivity (Wildman–Crippen MR) is 80.6 cm³/mol. The number of nitrogens with zero attached hydrogens (tertiary/aromatic N) is 1. The van der Waals surface area contributed by atoms with E-state index < -0.39 is 17.8 Å². The van der Waals surface area contributed by atoms with Gasteiger partial charge in [0.1, 0.15) is 11.3 Å². The van der Waals surface area contributed by atoms with Crippen LogP contribution >= 0.6 is 0 Å². The summed E-state index contributed by atoms with van der Waals surface area (Å²) in [5.74, 6) is -2.74. The third-order valence-corrected chi connectivity index (χ3v) is 2.63. The van der Waals surface area contributed by atoms with Crippen molar-refractivity contribution in [3.63, 3.8) is 0 Å². The highest BCUT2D eigenvalue weighted by molar-refractivity contribution is 6.35. The Morgan fingerprint density at radius 1 is 1.26 bits per heavy atom. The minimum Gasteiger partial charge on any atom is -0.496 e. The van der Waals surface area contributed by atoms with Gasteiger partial charge in [-0.25, -0.2) is 10.2 Å². The maximum atomic E-state index is 11.4. The Hall–Kier alpha value is -2.94. The lowest BCUT2D eigenvalue weighted by atomic mass is 10.1. The van der Waals surface area contributed by atoms with E-state index in [0.29, 0.717) is 5.56 Å². The number of aromatic carboxylic acids is 1. The monoisotopic (exact) mass is 323 g/mol. The zero-order valence-corrected chi connectivity index (χ0v) is 12.7. The van der Waals surface area contributed by atoms with E-state index in [1.54, 1.807) is 6.07 Å². The lowest BCUT2D eigenvalue weighted by molar-refractivity contribution is -0.139. The van der Waals surface area contributed by atoms with Gasteiger partial charge >= 0.3 is 17.8 Å². The minimum atomic E-state index is -1.15. The van der Waals surface area contributed by atoms with Gasteiger partial charge in [0, 0.05) is 13.7 Å². The van der Waals surface area contributed by atoms with Gasteiger partial charge < -0.3 is 19.9 Å². The second-order valence-corrected chi connectivity index (χ2v) is 4.21. The van der Waals surface area contributed by atoms with Crippen LogP contribution in [0.25, 0.3) is 0 Å². The summed E-state index contributed by atoms with van der Waals surface area (Å²) in [6, 6.07) is 4.35. The lowest BCUT2D eigenvalue weighted by Crippen LogP contribution is -2.39. The minimum absolute atomic E-state index is 0.0416. The highest BCUT2D eigenvalue weighted by Crippen LogP contribution is 2.18. The van der Waals surface area contributed by atoms with Crippen molar-refractivity contribution >= 4 is 24.0 Å². The van der Waals surface area contributed by atoms with Gasteiger partial charge in [0.2, 0.25) is 0 Å². The number of rotatable bonds is 7. The number of carbonyl (C=O) groups is 3. The van der Waals surface area contributed by atoms with Crippen LogP contribution in [-0.4, -0.2) is 56.5 Å². The summed E-state index contributed by atoms with van der Waals surface area (Å²) in [7, 11) is 2.83. The number of hydrogen-bond donors (Lipinski definition) is 3. The van der Waals surface area contributed by atoms with Crippen molar-refractivity contribution < 1.29 is 29.0 Å². The fraction of sp³-hybridized carbons (Fsp3) is 0.286. The molecular weight excluding hydrogens is 306 g/mol. The molecule has 0 aromatic heterocycles. The summed E-state index contributed by atoms with van der Waals surface area (Å²) in [5, 5.41) is 15.0. The molecule has 0 aliphatic rings. The number of nitrogens with one attached hydrogen (secondary N) is 2. The first-order valence-corrected chi connectivity index (χ1v) is 6.51. The summed E-state index contributed by atoms with van der Waals surface area (Å²) in [5.41, 5.74) is 2.41. The largest absolute Gasteiger partial charge is 0.496 e. The summed E-state index contributed by atoms with van der Waals surface area (Å²) in [6.07, 6.45) is 1.21. The van der Waals surface area contributed by atoms with E-state index in [9.17, 15) is 14.4 Å². The first-order valence-electron chi connectivity index (χ1n) is 6.51. The van der Waals surface area contributed by atoms with Gasteiger partial charge in [0.15, 0.2) is 0 Å². The third kappa shape index (κ3) is 5.75. The molecule has 0 unspecified atom stereocenters. The van der Waals surface area contributed by atoms with Crippen LogP contribution < -0.4 is 15.5 Å². The normalized spacial score (nSPS) is 10.3. The van der Waals surface area contributed by atoms with Crippen molar-refractivity contribution in [2.24, 2.45) is 5.10 Å². The Labute approximate surface area is 132 Å². The number of hydrogen-bond acceptors (Lipinski definition) is 6. The Morgan fingerprint density at radius 3 is 2.61 bits per heavy atom. The molecule has 2 amide bonds. The Bertz CT molecular complexity index is 615. The molecular formula is C14H17N3O6. The maximum Gasteiger partial charge on any atom is 0.339 e. The van der Waals surface area contributed by atoms with Crippen LogP contribution in [0, 0.1) is 0 Å². The number of amides is 2. The van der Waals surface area contributed by atoms with Crippen molar-refractivity contribution in [3.8, 4) is 5.75 Å². The highest BCUT2D eigenvalue weighted by Gasteiger charge is 2.12. The predicted octanol–water partition coefficient (Wildman–Crippen LogP) is -0.394. The lowest BCUT2D eigenvalue weighted by Gasteiger charge is -2.05. The number of methoxy groups -OCH3 is 2. The first kappa shape index (κ1) is 18.1. The van der Waals surface area contributed by atoms with Crippen molar-refractivity contribution in [3.05, 3.63) is 29.3 Å². The number of carboxylic acids is 1. The molecule has 0 aliphatic carbocycles. The average Bonchev–Trinajstić information content (AvgIpc) is 2.54. The van der Waals surface area contributed by atoms with Crippen LogP contribution in [0.3, 0.4) is 0 Å². The van der Waals surface area contributed by atoms with Crippen molar-refractivity contribution in [2.75, 3.05) is 27.4 Å². The fourth-order valence-electron chi connectivity index (χ4n) is 1.54. The summed E-state index contributed by atoms with van der Waals surface area (Å²) in [4.78, 5) is 33.8. The Balaban J connectivity index is 2.64. The molecule has 9 nitrogen and oxygen atoms in total. The summed E-state index contributed by atoms with van der Waals surface area (Å²) >= 11 is 0. The van der Waals surface area contributed by atoms with Crippen LogP contribution in [0.5, 0.6) is 5.75 Å². The molecule has 0 aliphatic heterocycles.